The Morgan fingerprint density at radius 3 is 2.18 bits per heavy atom. The summed E-state index contributed by atoms with van der Waals surface area (Å²) in [5.74, 6) is -0.287. The summed E-state index contributed by atoms with van der Waals surface area (Å²) in [4.78, 5) is 12.7. The molecule has 176 valence electrons. The van der Waals surface area contributed by atoms with Crippen LogP contribution in [0.4, 0.5) is 0 Å². The quantitative estimate of drug-likeness (QED) is 0.175. The molecule has 0 aliphatic heterocycles. The number of unbranched alkanes of at least 4 members (excludes halogenated alkanes) is 7. The van der Waals surface area contributed by atoms with Crippen molar-refractivity contribution in [1.82, 2.24) is 0 Å². The number of fused-ring (bicyclic) bond motifs is 1. The van der Waals surface area contributed by atoms with E-state index in [1.54, 1.807) is 0 Å². The van der Waals surface area contributed by atoms with Crippen molar-refractivity contribution < 1.29 is 14.3 Å². The van der Waals surface area contributed by atoms with Crippen molar-refractivity contribution in [2.45, 2.75) is 77.4 Å². The number of rotatable bonds is 15. The molecule has 0 N–H and O–H groups in total. The van der Waals surface area contributed by atoms with Crippen LogP contribution in [-0.2, 0) is 16.1 Å². The molecule has 0 aliphatic carbocycles. The van der Waals surface area contributed by atoms with Gasteiger partial charge in [-0.25, -0.2) is 4.79 Å². The Hall–Kier alpha value is -2.65. The number of carbonyl (C=O) groups is 1. The van der Waals surface area contributed by atoms with Crippen molar-refractivity contribution in [3.63, 3.8) is 0 Å². The lowest BCUT2D eigenvalue weighted by Crippen LogP contribution is -2.22. The van der Waals surface area contributed by atoms with Gasteiger partial charge in [0, 0.05) is 0 Å². The summed E-state index contributed by atoms with van der Waals surface area (Å²) in [5.41, 5.74) is 1.72. The molecule has 3 aromatic rings. The van der Waals surface area contributed by atoms with Gasteiger partial charge in [0.25, 0.3) is 0 Å². The summed E-state index contributed by atoms with van der Waals surface area (Å²) in [5, 5.41) is 2.16. The van der Waals surface area contributed by atoms with E-state index in [-0.39, 0.29) is 18.7 Å². The van der Waals surface area contributed by atoms with Gasteiger partial charge in [0.15, 0.2) is 0 Å². The molecule has 0 bridgehead atoms. The van der Waals surface area contributed by atoms with Crippen LogP contribution < -0.4 is 0 Å². The van der Waals surface area contributed by atoms with Crippen LogP contribution in [-0.4, -0.2) is 18.7 Å². The van der Waals surface area contributed by atoms with Crippen molar-refractivity contribution in [2.24, 2.45) is 0 Å². The smallest absolute Gasteiger partial charge is 0.338 e. The molecular weight excluding hydrogens is 408 g/mol. The molecule has 0 aliphatic rings. The topological polar surface area (TPSA) is 35.5 Å². The molecule has 3 nitrogen and oxygen atoms in total. The van der Waals surface area contributed by atoms with Gasteiger partial charge >= 0.3 is 5.97 Å². The zero-order chi connectivity index (χ0) is 23.1. The van der Waals surface area contributed by atoms with Crippen LogP contribution in [0.15, 0.2) is 72.8 Å². The van der Waals surface area contributed by atoms with Gasteiger partial charge in [0.05, 0.1) is 18.3 Å². The van der Waals surface area contributed by atoms with E-state index in [0.717, 1.165) is 29.2 Å². The van der Waals surface area contributed by atoms with Crippen LogP contribution in [0.2, 0.25) is 0 Å². The number of benzene rings is 3. The average Bonchev–Trinajstić information content (AvgIpc) is 2.86. The van der Waals surface area contributed by atoms with Crippen LogP contribution in [0.1, 0.15) is 80.6 Å². The Labute approximate surface area is 199 Å². The predicted molar refractivity (Wildman–Crippen MR) is 136 cm³/mol. The summed E-state index contributed by atoms with van der Waals surface area (Å²) in [6, 6.07) is 23.9. The third-order valence-corrected chi connectivity index (χ3v) is 6.09. The second-order valence-electron chi connectivity index (χ2n) is 8.84. The van der Waals surface area contributed by atoms with Gasteiger partial charge in [-0.2, -0.15) is 0 Å². The largest absolute Gasteiger partial charge is 0.459 e. The predicted octanol–water partition coefficient (Wildman–Crippen LogP) is 8.11. The third-order valence-electron chi connectivity index (χ3n) is 6.09. The highest BCUT2D eigenvalue weighted by Gasteiger charge is 2.15. The minimum absolute atomic E-state index is 0.0882. The highest BCUT2D eigenvalue weighted by atomic mass is 16.6. The molecule has 33 heavy (non-hydrogen) atoms. The van der Waals surface area contributed by atoms with E-state index < -0.39 is 0 Å². The van der Waals surface area contributed by atoms with E-state index in [1.807, 2.05) is 60.7 Å². The van der Waals surface area contributed by atoms with Crippen LogP contribution >= 0.6 is 0 Å². The highest BCUT2D eigenvalue weighted by molar-refractivity contribution is 5.95. The first kappa shape index (κ1) is 25.0. The summed E-state index contributed by atoms with van der Waals surface area (Å²) < 4.78 is 11.9. The van der Waals surface area contributed by atoms with Gasteiger partial charge in [-0.05, 0) is 34.9 Å². The maximum absolute atomic E-state index is 12.7. The van der Waals surface area contributed by atoms with Crippen molar-refractivity contribution in [3.8, 4) is 0 Å². The SMILES string of the molecule is CCCCCCCCCCC(COC(=O)c1ccc2ccccc2c1)OCc1ccccc1. The molecule has 3 rings (SSSR count). The number of hydrogen-bond acceptors (Lipinski definition) is 3. The number of carbonyl (C=O) groups excluding carboxylic acids is 1. The molecule has 0 radical (unpaired) electrons. The van der Waals surface area contributed by atoms with E-state index in [1.165, 1.54) is 44.9 Å². The fourth-order valence-electron chi connectivity index (χ4n) is 4.08. The molecule has 0 saturated carbocycles. The molecule has 0 aromatic heterocycles. The van der Waals surface area contributed by atoms with Crippen molar-refractivity contribution in [1.29, 1.82) is 0 Å². The van der Waals surface area contributed by atoms with E-state index in [2.05, 4.69) is 19.1 Å². The van der Waals surface area contributed by atoms with E-state index in [4.69, 9.17) is 9.47 Å². The van der Waals surface area contributed by atoms with Crippen molar-refractivity contribution in [3.05, 3.63) is 83.9 Å². The van der Waals surface area contributed by atoms with E-state index in [0.29, 0.717) is 12.2 Å². The number of esters is 1. The lowest BCUT2D eigenvalue weighted by atomic mass is 10.1. The van der Waals surface area contributed by atoms with Gasteiger partial charge in [0.1, 0.15) is 6.61 Å². The van der Waals surface area contributed by atoms with Gasteiger partial charge in [-0.1, -0.05) is 119 Å². The van der Waals surface area contributed by atoms with Gasteiger partial charge in [-0.15, -0.1) is 0 Å². The molecule has 1 atom stereocenters. The zero-order valence-electron chi connectivity index (χ0n) is 20.0. The molecular formula is C30H38O3. The normalized spacial score (nSPS) is 12.0. The molecule has 1 unspecified atom stereocenters. The van der Waals surface area contributed by atoms with Gasteiger partial charge in [0.2, 0.25) is 0 Å². The molecule has 0 fully saturated rings. The maximum atomic E-state index is 12.7. The first-order valence-electron chi connectivity index (χ1n) is 12.6. The zero-order valence-corrected chi connectivity index (χ0v) is 20.0. The summed E-state index contributed by atoms with van der Waals surface area (Å²) in [6.45, 7) is 3.08. The fourth-order valence-corrected chi connectivity index (χ4v) is 4.08. The Morgan fingerprint density at radius 2 is 1.42 bits per heavy atom. The summed E-state index contributed by atoms with van der Waals surface area (Å²) in [7, 11) is 0. The van der Waals surface area contributed by atoms with Crippen molar-refractivity contribution in [2.75, 3.05) is 6.61 Å². The second kappa shape index (κ2) is 14.5. The lowest BCUT2D eigenvalue weighted by molar-refractivity contribution is -0.0197. The van der Waals surface area contributed by atoms with Crippen LogP contribution in [0, 0.1) is 0 Å². The average molecular weight is 447 g/mol. The lowest BCUT2D eigenvalue weighted by Gasteiger charge is -2.18. The molecule has 0 saturated heterocycles. The first-order chi connectivity index (χ1) is 16.3. The summed E-state index contributed by atoms with van der Waals surface area (Å²) >= 11 is 0. The van der Waals surface area contributed by atoms with Crippen molar-refractivity contribution >= 4 is 16.7 Å². The number of ether oxygens (including phenoxy) is 2. The van der Waals surface area contributed by atoms with Crippen LogP contribution in [0.5, 0.6) is 0 Å². The monoisotopic (exact) mass is 446 g/mol. The summed E-state index contributed by atoms with van der Waals surface area (Å²) in [6.07, 6.45) is 11.0. The minimum atomic E-state index is -0.287. The number of hydrogen-bond donors (Lipinski definition) is 0. The maximum Gasteiger partial charge on any atom is 0.338 e. The van der Waals surface area contributed by atoms with Gasteiger partial charge in [-0.3, -0.25) is 0 Å². The van der Waals surface area contributed by atoms with E-state index in [9.17, 15) is 4.79 Å². The van der Waals surface area contributed by atoms with Crippen LogP contribution in [0.3, 0.4) is 0 Å². The van der Waals surface area contributed by atoms with Crippen LogP contribution in [0.25, 0.3) is 10.8 Å². The minimum Gasteiger partial charge on any atom is -0.459 e. The fraction of sp³-hybridized carbons (Fsp3) is 0.433. The Kier molecular flexibility index (Phi) is 11.0. The molecule has 3 heteroatoms. The standard InChI is InChI=1S/C30H38O3/c1-2-3-4-5-6-7-8-12-19-29(32-23-25-15-10-9-11-16-25)24-33-30(31)28-21-20-26-17-13-14-18-27(26)22-28/h9-11,13-18,20-22,29H,2-8,12,19,23-24H2,1H3. The highest BCUT2D eigenvalue weighted by Crippen LogP contribution is 2.18. The molecule has 0 amide bonds. The molecule has 3 aromatic carbocycles. The second-order valence-corrected chi connectivity index (χ2v) is 8.84. The molecule has 0 spiro atoms. The van der Waals surface area contributed by atoms with Gasteiger partial charge < -0.3 is 9.47 Å². The Balaban J connectivity index is 1.48. The third kappa shape index (κ3) is 9.01. The Morgan fingerprint density at radius 1 is 0.758 bits per heavy atom. The Bertz CT molecular complexity index is 951. The molecule has 0 heterocycles. The first-order valence-corrected chi connectivity index (χ1v) is 12.6. The van der Waals surface area contributed by atoms with E-state index >= 15 is 0 Å².